The van der Waals surface area contributed by atoms with Gasteiger partial charge < -0.3 is 14.8 Å². The number of nitrogens with one attached hydrogen (secondary N) is 1. The number of phenolic OH excluding ortho intramolecular Hbond substituents is 1. The van der Waals surface area contributed by atoms with Crippen LogP contribution in [0.1, 0.15) is 15.9 Å². The van der Waals surface area contributed by atoms with Gasteiger partial charge in [-0.15, -0.1) is 10.2 Å². The predicted octanol–water partition coefficient (Wildman–Crippen LogP) is 4.67. The van der Waals surface area contributed by atoms with Crippen LogP contribution in [0.25, 0.3) is 22.9 Å². The molecule has 0 atom stereocenters. The minimum Gasteiger partial charge on any atom is -0.508 e. The lowest BCUT2D eigenvalue weighted by atomic mass is 10.1. The molecule has 6 heteroatoms. The van der Waals surface area contributed by atoms with E-state index < -0.39 is 0 Å². The number of aromatic hydroxyl groups is 1. The first-order valence-corrected chi connectivity index (χ1v) is 8.70. The number of benzene rings is 3. The van der Waals surface area contributed by atoms with Gasteiger partial charge in [-0.25, -0.2) is 0 Å². The van der Waals surface area contributed by atoms with E-state index in [1.54, 1.807) is 36.4 Å². The van der Waals surface area contributed by atoms with Crippen LogP contribution in [0, 0.1) is 6.92 Å². The van der Waals surface area contributed by atoms with Gasteiger partial charge in [0.2, 0.25) is 11.8 Å². The van der Waals surface area contributed by atoms with E-state index in [2.05, 4.69) is 15.5 Å². The molecule has 2 N–H and O–H groups in total. The topological polar surface area (TPSA) is 88.2 Å². The van der Waals surface area contributed by atoms with Gasteiger partial charge in [0.05, 0.1) is 0 Å². The molecular formula is C22H17N3O3. The van der Waals surface area contributed by atoms with Crippen LogP contribution >= 0.6 is 0 Å². The highest BCUT2D eigenvalue weighted by Crippen LogP contribution is 2.26. The minimum atomic E-state index is -0.247. The Morgan fingerprint density at radius 1 is 0.893 bits per heavy atom. The quantitative estimate of drug-likeness (QED) is 0.509. The normalized spacial score (nSPS) is 10.6. The van der Waals surface area contributed by atoms with E-state index in [4.69, 9.17) is 4.42 Å². The smallest absolute Gasteiger partial charge is 0.255 e. The average molecular weight is 371 g/mol. The summed E-state index contributed by atoms with van der Waals surface area (Å²) < 4.78 is 5.80. The number of phenols is 1. The lowest BCUT2D eigenvalue weighted by molar-refractivity contribution is 0.102. The molecule has 0 radical (unpaired) electrons. The Hall–Kier alpha value is -3.93. The Bertz CT molecular complexity index is 1120. The molecule has 4 aromatic rings. The van der Waals surface area contributed by atoms with E-state index >= 15 is 0 Å². The third-order valence-corrected chi connectivity index (χ3v) is 4.32. The number of nitrogens with zero attached hydrogens (tertiary/aromatic N) is 2. The second-order valence-electron chi connectivity index (χ2n) is 6.31. The zero-order valence-corrected chi connectivity index (χ0v) is 15.1. The summed E-state index contributed by atoms with van der Waals surface area (Å²) in [4.78, 5) is 12.3. The fourth-order valence-electron chi connectivity index (χ4n) is 2.77. The maximum atomic E-state index is 12.3. The first-order valence-electron chi connectivity index (χ1n) is 8.70. The first-order chi connectivity index (χ1) is 13.6. The third kappa shape index (κ3) is 3.61. The van der Waals surface area contributed by atoms with Gasteiger partial charge in [0, 0.05) is 22.4 Å². The maximum absolute atomic E-state index is 12.3. The number of amides is 1. The van der Waals surface area contributed by atoms with Crippen LogP contribution in [0.3, 0.4) is 0 Å². The Morgan fingerprint density at radius 2 is 1.57 bits per heavy atom. The second-order valence-corrected chi connectivity index (χ2v) is 6.31. The van der Waals surface area contributed by atoms with Crippen molar-refractivity contribution in [3.05, 3.63) is 83.9 Å². The minimum absolute atomic E-state index is 0.145. The van der Waals surface area contributed by atoms with Crippen LogP contribution in [0.5, 0.6) is 5.75 Å². The summed E-state index contributed by atoms with van der Waals surface area (Å²) in [6.45, 7) is 1.99. The van der Waals surface area contributed by atoms with Gasteiger partial charge in [0.1, 0.15) is 5.75 Å². The van der Waals surface area contributed by atoms with E-state index in [9.17, 15) is 9.90 Å². The number of aromatic nitrogens is 2. The molecule has 0 aliphatic rings. The summed E-state index contributed by atoms with van der Waals surface area (Å²) in [7, 11) is 0. The lowest BCUT2D eigenvalue weighted by Crippen LogP contribution is -2.11. The van der Waals surface area contributed by atoms with E-state index in [-0.39, 0.29) is 11.7 Å². The zero-order valence-electron chi connectivity index (χ0n) is 15.1. The highest BCUT2D eigenvalue weighted by Gasteiger charge is 2.13. The van der Waals surface area contributed by atoms with Crippen molar-refractivity contribution in [3.63, 3.8) is 0 Å². The number of hydrogen-bond acceptors (Lipinski definition) is 5. The maximum Gasteiger partial charge on any atom is 0.255 e. The fraction of sp³-hybridized carbons (Fsp3) is 0.0455. The van der Waals surface area contributed by atoms with Crippen molar-refractivity contribution >= 4 is 11.6 Å². The van der Waals surface area contributed by atoms with Crippen LogP contribution in [0.15, 0.2) is 77.2 Å². The van der Waals surface area contributed by atoms with Crippen molar-refractivity contribution in [1.29, 1.82) is 0 Å². The molecule has 0 saturated heterocycles. The van der Waals surface area contributed by atoms with Gasteiger partial charge in [-0.2, -0.15) is 0 Å². The molecular weight excluding hydrogens is 354 g/mol. The molecule has 1 amide bonds. The molecule has 0 spiro atoms. The van der Waals surface area contributed by atoms with Gasteiger partial charge in [-0.3, -0.25) is 4.79 Å². The Labute approximate surface area is 161 Å². The molecule has 1 heterocycles. The van der Waals surface area contributed by atoms with Crippen molar-refractivity contribution in [3.8, 4) is 28.7 Å². The molecule has 0 saturated carbocycles. The van der Waals surface area contributed by atoms with Crippen LogP contribution < -0.4 is 5.32 Å². The number of aryl methyl sites for hydroxylation is 1. The standard InChI is InChI=1S/C22H17N3O3/c1-14-4-2-3-5-19(14)22-25-24-21(28-22)16-8-6-15(7-9-16)20(27)23-17-10-12-18(26)13-11-17/h2-13,26H,1H3,(H,23,27). The van der Waals surface area contributed by atoms with E-state index in [1.165, 1.54) is 12.1 Å². The lowest BCUT2D eigenvalue weighted by Gasteiger charge is -2.05. The van der Waals surface area contributed by atoms with Gasteiger partial charge in [-0.05, 0) is 67.1 Å². The summed E-state index contributed by atoms with van der Waals surface area (Å²) in [6.07, 6.45) is 0. The largest absolute Gasteiger partial charge is 0.508 e. The summed E-state index contributed by atoms with van der Waals surface area (Å²) in [5.41, 5.74) is 3.78. The van der Waals surface area contributed by atoms with Crippen LogP contribution in [0.4, 0.5) is 5.69 Å². The SMILES string of the molecule is Cc1ccccc1-c1nnc(-c2ccc(C(=O)Nc3ccc(O)cc3)cc2)o1. The van der Waals surface area contributed by atoms with Gasteiger partial charge in [0.25, 0.3) is 5.91 Å². The molecule has 28 heavy (non-hydrogen) atoms. The molecule has 0 bridgehead atoms. The molecule has 138 valence electrons. The van der Waals surface area contributed by atoms with Gasteiger partial charge >= 0.3 is 0 Å². The Morgan fingerprint density at radius 3 is 2.29 bits per heavy atom. The van der Waals surface area contributed by atoms with Crippen molar-refractivity contribution in [2.75, 3.05) is 5.32 Å². The number of anilines is 1. The molecule has 3 aromatic carbocycles. The molecule has 0 unspecified atom stereocenters. The van der Waals surface area contributed by atoms with Crippen LogP contribution in [-0.4, -0.2) is 21.2 Å². The number of carbonyl (C=O) groups is 1. The van der Waals surface area contributed by atoms with Crippen molar-refractivity contribution in [2.24, 2.45) is 0 Å². The fourth-order valence-corrected chi connectivity index (χ4v) is 2.77. The van der Waals surface area contributed by atoms with Gasteiger partial charge in [-0.1, -0.05) is 18.2 Å². The molecule has 0 fully saturated rings. The molecule has 0 aliphatic carbocycles. The highest BCUT2D eigenvalue weighted by atomic mass is 16.4. The average Bonchev–Trinajstić information content (AvgIpc) is 3.20. The first kappa shape index (κ1) is 17.5. The summed E-state index contributed by atoms with van der Waals surface area (Å²) in [5, 5.41) is 20.3. The van der Waals surface area contributed by atoms with E-state index in [0.717, 1.165) is 16.7 Å². The van der Waals surface area contributed by atoms with E-state index in [1.807, 2.05) is 31.2 Å². The van der Waals surface area contributed by atoms with Crippen molar-refractivity contribution in [1.82, 2.24) is 10.2 Å². The summed E-state index contributed by atoms with van der Waals surface area (Å²) >= 11 is 0. The third-order valence-electron chi connectivity index (χ3n) is 4.32. The zero-order chi connectivity index (χ0) is 19.5. The highest BCUT2D eigenvalue weighted by molar-refractivity contribution is 6.04. The van der Waals surface area contributed by atoms with Crippen LogP contribution in [-0.2, 0) is 0 Å². The molecule has 1 aromatic heterocycles. The second kappa shape index (κ2) is 7.36. The Kier molecular flexibility index (Phi) is 4.60. The number of rotatable bonds is 4. The number of carbonyl (C=O) groups excluding carboxylic acids is 1. The van der Waals surface area contributed by atoms with E-state index in [0.29, 0.717) is 23.0 Å². The van der Waals surface area contributed by atoms with Gasteiger partial charge in [0.15, 0.2) is 0 Å². The molecule has 0 aliphatic heterocycles. The van der Waals surface area contributed by atoms with Crippen LogP contribution in [0.2, 0.25) is 0 Å². The van der Waals surface area contributed by atoms with Crippen molar-refractivity contribution < 1.29 is 14.3 Å². The number of hydrogen-bond donors (Lipinski definition) is 2. The predicted molar refractivity (Wildman–Crippen MR) is 106 cm³/mol. The molecule has 6 nitrogen and oxygen atoms in total. The molecule has 4 rings (SSSR count). The monoisotopic (exact) mass is 371 g/mol. The summed E-state index contributed by atoms with van der Waals surface area (Å²) in [5.74, 6) is 0.751. The summed E-state index contributed by atoms with van der Waals surface area (Å²) in [6, 6.07) is 21.0. The Balaban J connectivity index is 1.51. The van der Waals surface area contributed by atoms with Crippen molar-refractivity contribution in [2.45, 2.75) is 6.92 Å².